The summed E-state index contributed by atoms with van der Waals surface area (Å²) in [6.07, 6.45) is 0. The van der Waals surface area contributed by atoms with Crippen molar-refractivity contribution in [1.29, 1.82) is 0 Å². The Morgan fingerprint density at radius 2 is 0.879 bits per heavy atom. The number of imidazole rings is 1. The first-order chi connectivity index (χ1) is 32.7. The first-order valence-electron chi connectivity index (χ1n) is 22.5. The minimum Gasteiger partial charge on any atom is -0.306 e. The number of anilines is 6. The Labute approximate surface area is 383 Å². The van der Waals surface area contributed by atoms with E-state index in [1.165, 1.54) is 68.9 Å². The van der Waals surface area contributed by atoms with E-state index in [1.54, 1.807) is 0 Å². The van der Waals surface area contributed by atoms with Gasteiger partial charge in [-0.3, -0.25) is 4.40 Å². The van der Waals surface area contributed by atoms with Crippen LogP contribution in [0, 0.1) is 0 Å². The molecular weight excluding hydrogens is 821 g/mol. The van der Waals surface area contributed by atoms with Gasteiger partial charge in [0.05, 0.1) is 49.7 Å². The van der Waals surface area contributed by atoms with Gasteiger partial charge in [-0.1, -0.05) is 140 Å². The zero-order valence-corrected chi connectivity index (χ0v) is 36.3. The number of benzene rings is 11. The third kappa shape index (κ3) is 4.95. The Balaban J connectivity index is 1.04. The van der Waals surface area contributed by atoms with E-state index < -0.39 is 0 Å². The molecule has 0 atom stereocenters. The van der Waals surface area contributed by atoms with E-state index in [0.29, 0.717) is 0 Å². The van der Waals surface area contributed by atoms with E-state index in [-0.39, 0.29) is 0 Å². The first kappa shape index (κ1) is 35.9. The van der Waals surface area contributed by atoms with Gasteiger partial charge < -0.3 is 9.80 Å². The van der Waals surface area contributed by atoms with Gasteiger partial charge in [0.2, 0.25) is 0 Å². The summed E-state index contributed by atoms with van der Waals surface area (Å²) in [4.78, 5) is 10.2. The monoisotopic (exact) mass is 856 g/mol. The predicted octanol–water partition coefficient (Wildman–Crippen LogP) is 17.5. The molecule has 11 aromatic carbocycles. The molecular formula is C61H36N4S. The lowest BCUT2D eigenvalue weighted by Gasteiger charge is -2.41. The van der Waals surface area contributed by atoms with Gasteiger partial charge in [-0.25, -0.2) is 4.98 Å². The van der Waals surface area contributed by atoms with Crippen LogP contribution in [0.4, 0.5) is 34.1 Å². The normalized spacial score (nSPS) is 12.8. The zero-order valence-electron chi connectivity index (χ0n) is 35.5. The van der Waals surface area contributed by atoms with Crippen LogP contribution in [-0.2, 0) is 0 Å². The largest absolute Gasteiger partial charge is 0.306 e. The van der Waals surface area contributed by atoms with Crippen LogP contribution in [0.25, 0.3) is 102 Å². The van der Waals surface area contributed by atoms with Gasteiger partial charge in [0.15, 0.2) is 0 Å². The molecule has 0 amide bonds. The minimum absolute atomic E-state index is 0.979. The number of nitrogens with zero attached hydrogens (tertiary/aromatic N) is 4. The van der Waals surface area contributed by atoms with Crippen molar-refractivity contribution in [3.8, 4) is 11.1 Å². The summed E-state index contributed by atoms with van der Waals surface area (Å²) in [6, 6.07) is 80.5. The quantitative estimate of drug-likeness (QED) is 0.165. The fourth-order valence-electron chi connectivity index (χ4n) is 11.1. The maximum atomic E-state index is 5.20. The molecule has 0 radical (unpaired) electrons. The van der Waals surface area contributed by atoms with Crippen molar-refractivity contribution >= 4 is 136 Å². The van der Waals surface area contributed by atoms with Gasteiger partial charge in [0, 0.05) is 31.9 Å². The zero-order chi connectivity index (χ0) is 43.0. The number of hydrogen-bond acceptors (Lipinski definition) is 4. The van der Waals surface area contributed by atoms with Gasteiger partial charge in [0.1, 0.15) is 5.65 Å². The molecule has 1 aliphatic heterocycles. The average molecular weight is 857 g/mol. The second-order valence-corrected chi connectivity index (χ2v) is 18.5. The lowest BCUT2D eigenvalue weighted by atomic mass is 9.91. The van der Waals surface area contributed by atoms with Crippen LogP contribution < -0.4 is 9.80 Å². The van der Waals surface area contributed by atoms with Crippen molar-refractivity contribution in [2.24, 2.45) is 0 Å². The fraction of sp³-hybridized carbons (Fsp3) is 0. The second kappa shape index (κ2) is 13.5. The summed E-state index contributed by atoms with van der Waals surface area (Å²) < 4.78 is 4.89. The highest BCUT2D eigenvalue weighted by atomic mass is 32.1. The maximum absolute atomic E-state index is 5.20. The molecule has 0 spiro atoms. The summed E-state index contributed by atoms with van der Waals surface area (Å²) in [5.41, 5.74) is 13.4. The van der Waals surface area contributed by atoms with Crippen molar-refractivity contribution in [3.63, 3.8) is 0 Å². The molecule has 0 fully saturated rings. The molecule has 0 saturated carbocycles. The number of aromatic nitrogens is 2. The van der Waals surface area contributed by atoms with E-state index in [1.807, 2.05) is 11.3 Å². The molecule has 4 nitrogen and oxygen atoms in total. The smallest absolute Gasteiger partial charge is 0.146 e. The van der Waals surface area contributed by atoms with Gasteiger partial charge >= 0.3 is 0 Å². The SMILES string of the molecule is c1ccc(N2c3cc(-c4ccc5c(c4)c4ccccc4n4c6ccccc6nc54)ccc3N(c3cccc4c3sc3ccccc34)c3cc4c5ccccc5c5ccccc5c4cc32)cc1. The summed E-state index contributed by atoms with van der Waals surface area (Å²) in [5, 5.41) is 13.6. The lowest BCUT2D eigenvalue weighted by Crippen LogP contribution is -2.24. The molecule has 0 aliphatic carbocycles. The van der Waals surface area contributed by atoms with Crippen LogP contribution in [0.3, 0.4) is 0 Å². The van der Waals surface area contributed by atoms with Crippen LogP contribution in [0.2, 0.25) is 0 Å². The summed E-state index contributed by atoms with van der Waals surface area (Å²) >= 11 is 1.88. The molecule has 4 heterocycles. The standard InChI is InChI=1S/C61H36N4S/c1-2-15-39(16-3-1)63-56-34-38(37-29-31-47-48(33-37)44-21-8-11-25-52(44)65-53-26-12-10-24-51(53)62-61(47)65)30-32-54(56)64(55-27-14-23-46-45-22-9-13-28-59(45)66-60(46)55)58-36-50-43-20-7-5-18-41(43)40-17-4-6-19-42(40)49(50)35-57(58)63/h1-36H. The second-order valence-electron chi connectivity index (χ2n) is 17.5. The number of thiophene rings is 1. The summed E-state index contributed by atoms with van der Waals surface area (Å²) in [7, 11) is 0. The third-order valence-corrected chi connectivity index (χ3v) is 15.2. The van der Waals surface area contributed by atoms with Crippen molar-refractivity contribution < 1.29 is 0 Å². The van der Waals surface area contributed by atoms with E-state index in [0.717, 1.165) is 67.1 Å². The lowest BCUT2D eigenvalue weighted by molar-refractivity contribution is 1.18. The van der Waals surface area contributed by atoms with E-state index in [4.69, 9.17) is 4.98 Å². The highest BCUT2D eigenvalue weighted by Gasteiger charge is 2.33. The summed E-state index contributed by atoms with van der Waals surface area (Å²) in [6.45, 7) is 0. The Bertz CT molecular complexity index is 4370. The molecule has 1 aliphatic rings. The van der Waals surface area contributed by atoms with E-state index in [9.17, 15) is 0 Å². The van der Waals surface area contributed by atoms with Crippen molar-refractivity contribution in [2.45, 2.75) is 0 Å². The molecule has 0 N–H and O–H groups in total. The predicted molar refractivity (Wildman–Crippen MR) is 281 cm³/mol. The highest BCUT2D eigenvalue weighted by Crippen LogP contribution is 2.58. The summed E-state index contributed by atoms with van der Waals surface area (Å²) in [5.74, 6) is 0. The van der Waals surface area contributed by atoms with Crippen LogP contribution in [0.5, 0.6) is 0 Å². The number of rotatable bonds is 3. The molecule has 3 aromatic heterocycles. The Morgan fingerprint density at radius 1 is 0.318 bits per heavy atom. The van der Waals surface area contributed by atoms with E-state index in [2.05, 4.69) is 233 Å². The molecule has 0 bridgehead atoms. The molecule has 15 rings (SSSR count). The maximum Gasteiger partial charge on any atom is 0.146 e. The van der Waals surface area contributed by atoms with Gasteiger partial charge in [0.25, 0.3) is 0 Å². The van der Waals surface area contributed by atoms with Crippen LogP contribution in [-0.4, -0.2) is 9.38 Å². The highest BCUT2D eigenvalue weighted by molar-refractivity contribution is 7.26. The number of fused-ring (bicyclic) bond motifs is 19. The minimum atomic E-state index is 0.979. The van der Waals surface area contributed by atoms with Crippen molar-refractivity contribution in [1.82, 2.24) is 9.38 Å². The third-order valence-electron chi connectivity index (χ3n) is 14.0. The number of hydrogen-bond donors (Lipinski definition) is 0. The van der Waals surface area contributed by atoms with Crippen LogP contribution in [0.15, 0.2) is 218 Å². The average Bonchev–Trinajstić information content (AvgIpc) is 3.97. The van der Waals surface area contributed by atoms with Gasteiger partial charge in [-0.15, -0.1) is 11.3 Å². The Kier molecular flexibility index (Phi) is 7.34. The van der Waals surface area contributed by atoms with Crippen LogP contribution in [0.1, 0.15) is 0 Å². The molecule has 66 heavy (non-hydrogen) atoms. The first-order valence-corrected chi connectivity index (χ1v) is 23.4. The Hall–Kier alpha value is -8.51. The number of pyridine rings is 1. The molecule has 306 valence electrons. The topological polar surface area (TPSA) is 23.8 Å². The molecule has 0 saturated heterocycles. The van der Waals surface area contributed by atoms with Gasteiger partial charge in [-0.2, -0.15) is 0 Å². The molecule has 5 heteroatoms. The van der Waals surface area contributed by atoms with Crippen LogP contribution >= 0.6 is 11.3 Å². The number of para-hydroxylation sites is 4. The molecule has 0 unspecified atom stereocenters. The van der Waals surface area contributed by atoms with Gasteiger partial charge in [-0.05, 0) is 128 Å². The fourth-order valence-corrected chi connectivity index (χ4v) is 12.3. The van der Waals surface area contributed by atoms with E-state index >= 15 is 0 Å². The Morgan fingerprint density at radius 3 is 1.65 bits per heavy atom. The van der Waals surface area contributed by atoms with Crippen molar-refractivity contribution in [3.05, 3.63) is 218 Å². The molecule has 14 aromatic rings. The van der Waals surface area contributed by atoms with Crippen molar-refractivity contribution in [2.75, 3.05) is 9.80 Å².